The van der Waals surface area contributed by atoms with Gasteiger partial charge in [0.05, 0.1) is 30.3 Å². The molecular formula is C14H17NO7. The minimum atomic E-state index is -0.845. The van der Waals surface area contributed by atoms with E-state index in [-0.39, 0.29) is 35.8 Å². The van der Waals surface area contributed by atoms with E-state index in [0.717, 1.165) is 6.07 Å². The summed E-state index contributed by atoms with van der Waals surface area (Å²) in [6.07, 6.45) is 2.31. The second-order valence-corrected chi connectivity index (χ2v) is 4.49. The number of nitrogens with zero attached hydrogens (tertiary/aromatic N) is 1. The summed E-state index contributed by atoms with van der Waals surface area (Å²) in [4.78, 5) is 31.5. The van der Waals surface area contributed by atoms with Crippen LogP contribution in [0.3, 0.4) is 0 Å². The van der Waals surface area contributed by atoms with Gasteiger partial charge in [-0.05, 0) is 19.3 Å². The lowest BCUT2D eigenvalue weighted by Gasteiger charge is -2.11. The Balaban J connectivity index is 2.68. The van der Waals surface area contributed by atoms with Crippen LogP contribution in [0.1, 0.15) is 36.0 Å². The van der Waals surface area contributed by atoms with Crippen molar-refractivity contribution in [2.24, 2.45) is 0 Å². The summed E-state index contributed by atoms with van der Waals surface area (Å²) in [5.41, 5.74) is -0.438. The summed E-state index contributed by atoms with van der Waals surface area (Å²) >= 11 is 0. The van der Waals surface area contributed by atoms with Crippen molar-refractivity contribution < 1.29 is 29.1 Å². The first-order chi connectivity index (χ1) is 10.5. The van der Waals surface area contributed by atoms with Gasteiger partial charge in [0, 0.05) is 12.5 Å². The average molecular weight is 311 g/mol. The number of carbonyl (C=O) groups excluding carboxylic acids is 1. The maximum absolute atomic E-state index is 10.9. The van der Waals surface area contributed by atoms with Crippen molar-refractivity contribution in [2.45, 2.75) is 25.7 Å². The Labute approximate surface area is 126 Å². The lowest BCUT2D eigenvalue weighted by Crippen LogP contribution is -2.03. The van der Waals surface area contributed by atoms with Crippen LogP contribution in [0.25, 0.3) is 0 Å². The number of methoxy groups -OCH3 is 1. The fraction of sp³-hybridized carbons (Fsp3) is 0.429. The molecular weight excluding hydrogens is 294 g/mol. The maximum atomic E-state index is 10.9. The van der Waals surface area contributed by atoms with Crippen LogP contribution in [-0.2, 0) is 4.79 Å². The summed E-state index contributed by atoms with van der Waals surface area (Å²) in [7, 11) is 1.37. The van der Waals surface area contributed by atoms with Crippen molar-refractivity contribution in [3.05, 3.63) is 27.8 Å². The summed E-state index contributed by atoms with van der Waals surface area (Å²) in [5, 5.41) is 19.4. The molecule has 0 radical (unpaired) electrons. The van der Waals surface area contributed by atoms with Crippen LogP contribution in [0, 0.1) is 10.1 Å². The molecule has 1 aromatic rings. The van der Waals surface area contributed by atoms with Crippen LogP contribution < -0.4 is 9.47 Å². The number of rotatable bonds is 10. The van der Waals surface area contributed by atoms with Crippen molar-refractivity contribution in [3.63, 3.8) is 0 Å². The number of ether oxygens (including phenoxy) is 2. The average Bonchev–Trinajstić information content (AvgIpc) is 2.49. The molecule has 0 aliphatic heterocycles. The van der Waals surface area contributed by atoms with Crippen LogP contribution in [0.2, 0.25) is 0 Å². The third kappa shape index (κ3) is 5.04. The lowest BCUT2D eigenvalue weighted by molar-refractivity contribution is -0.385. The van der Waals surface area contributed by atoms with Crippen molar-refractivity contribution in [2.75, 3.05) is 13.7 Å². The van der Waals surface area contributed by atoms with Gasteiger partial charge in [-0.2, -0.15) is 0 Å². The van der Waals surface area contributed by atoms with Gasteiger partial charge in [0.15, 0.2) is 17.8 Å². The number of carboxylic acid groups (broad SMARTS) is 1. The lowest BCUT2D eigenvalue weighted by atomic mass is 10.1. The Morgan fingerprint density at radius 3 is 2.59 bits per heavy atom. The Bertz CT molecular complexity index is 556. The Kier molecular flexibility index (Phi) is 6.81. The van der Waals surface area contributed by atoms with E-state index in [1.54, 1.807) is 0 Å². The standard InChI is InChI=1S/C14H17NO7/c1-21-12-7-10(9-16)11(15(19)20)8-13(12)22-6-4-2-3-5-14(17)18/h7-9H,2-6H2,1H3,(H,17,18). The highest BCUT2D eigenvalue weighted by Gasteiger charge is 2.19. The highest BCUT2D eigenvalue weighted by Crippen LogP contribution is 2.34. The molecule has 0 fully saturated rings. The second-order valence-electron chi connectivity index (χ2n) is 4.49. The first-order valence-electron chi connectivity index (χ1n) is 6.65. The number of nitro benzene ring substituents is 1. The number of aliphatic carboxylic acids is 1. The highest BCUT2D eigenvalue weighted by atomic mass is 16.6. The van der Waals surface area contributed by atoms with E-state index in [4.69, 9.17) is 14.6 Å². The third-order valence-corrected chi connectivity index (χ3v) is 2.93. The molecule has 0 unspecified atom stereocenters. The molecule has 0 spiro atoms. The van der Waals surface area contributed by atoms with Crippen LogP contribution in [0.4, 0.5) is 5.69 Å². The zero-order valence-electron chi connectivity index (χ0n) is 12.1. The quantitative estimate of drug-likeness (QED) is 0.305. The zero-order chi connectivity index (χ0) is 16.5. The molecule has 0 aliphatic carbocycles. The monoisotopic (exact) mass is 311 g/mol. The van der Waals surface area contributed by atoms with E-state index < -0.39 is 10.9 Å². The van der Waals surface area contributed by atoms with E-state index in [0.29, 0.717) is 25.5 Å². The number of benzene rings is 1. The smallest absolute Gasteiger partial charge is 0.303 e. The fourth-order valence-corrected chi connectivity index (χ4v) is 1.83. The number of nitro groups is 1. The van der Waals surface area contributed by atoms with Crippen LogP contribution in [0.15, 0.2) is 12.1 Å². The number of unbranched alkanes of at least 4 members (excludes halogenated alkanes) is 2. The van der Waals surface area contributed by atoms with E-state index in [1.165, 1.54) is 13.2 Å². The molecule has 0 saturated carbocycles. The number of carboxylic acids is 1. The molecule has 0 aromatic heterocycles. The number of hydrogen-bond donors (Lipinski definition) is 1. The molecule has 0 saturated heterocycles. The second kappa shape index (κ2) is 8.60. The van der Waals surface area contributed by atoms with Crippen LogP contribution in [-0.4, -0.2) is 36.0 Å². The molecule has 0 heterocycles. The number of hydrogen-bond acceptors (Lipinski definition) is 6. The van der Waals surface area contributed by atoms with E-state index in [2.05, 4.69) is 0 Å². The molecule has 120 valence electrons. The molecule has 0 atom stereocenters. The number of carbonyl (C=O) groups is 2. The van der Waals surface area contributed by atoms with Gasteiger partial charge in [0.25, 0.3) is 5.69 Å². The Hall–Kier alpha value is -2.64. The van der Waals surface area contributed by atoms with Gasteiger partial charge in [-0.1, -0.05) is 0 Å². The predicted octanol–water partition coefficient (Wildman–Crippen LogP) is 2.44. The molecule has 1 N–H and O–H groups in total. The van der Waals surface area contributed by atoms with Crippen molar-refractivity contribution >= 4 is 17.9 Å². The third-order valence-electron chi connectivity index (χ3n) is 2.93. The molecule has 0 amide bonds. The van der Waals surface area contributed by atoms with Gasteiger partial charge < -0.3 is 14.6 Å². The zero-order valence-corrected chi connectivity index (χ0v) is 12.1. The minimum absolute atomic E-state index is 0.0874. The largest absolute Gasteiger partial charge is 0.493 e. The van der Waals surface area contributed by atoms with Gasteiger partial charge in [0.2, 0.25) is 0 Å². The molecule has 1 aromatic carbocycles. The van der Waals surface area contributed by atoms with Gasteiger partial charge in [0.1, 0.15) is 0 Å². The predicted molar refractivity (Wildman–Crippen MR) is 76.6 cm³/mol. The van der Waals surface area contributed by atoms with Gasteiger partial charge in [-0.3, -0.25) is 19.7 Å². The Morgan fingerprint density at radius 1 is 1.32 bits per heavy atom. The van der Waals surface area contributed by atoms with E-state index in [9.17, 15) is 19.7 Å². The highest BCUT2D eigenvalue weighted by molar-refractivity contribution is 5.83. The van der Waals surface area contributed by atoms with E-state index in [1.807, 2.05) is 0 Å². The maximum Gasteiger partial charge on any atom is 0.303 e. The summed E-state index contributed by atoms with van der Waals surface area (Å²) in [6, 6.07) is 2.41. The first-order valence-corrected chi connectivity index (χ1v) is 6.65. The summed E-state index contributed by atoms with van der Waals surface area (Å²) in [6.45, 7) is 0.271. The first kappa shape index (κ1) is 17.4. The fourth-order valence-electron chi connectivity index (χ4n) is 1.83. The molecule has 0 aliphatic rings. The minimum Gasteiger partial charge on any atom is -0.493 e. The van der Waals surface area contributed by atoms with Crippen molar-refractivity contribution in [1.29, 1.82) is 0 Å². The van der Waals surface area contributed by atoms with Crippen LogP contribution in [0.5, 0.6) is 11.5 Å². The van der Waals surface area contributed by atoms with Gasteiger partial charge in [-0.25, -0.2) is 0 Å². The topological polar surface area (TPSA) is 116 Å². The van der Waals surface area contributed by atoms with E-state index >= 15 is 0 Å². The van der Waals surface area contributed by atoms with Crippen molar-refractivity contribution in [3.8, 4) is 11.5 Å². The number of aldehydes is 1. The van der Waals surface area contributed by atoms with Gasteiger partial charge >= 0.3 is 5.97 Å². The Morgan fingerprint density at radius 2 is 2.05 bits per heavy atom. The van der Waals surface area contributed by atoms with Gasteiger partial charge in [-0.15, -0.1) is 0 Å². The molecule has 22 heavy (non-hydrogen) atoms. The normalized spacial score (nSPS) is 10.0. The molecule has 0 bridgehead atoms. The van der Waals surface area contributed by atoms with Crippen LogP contribution >= 0.6 is 0 Å². The molecule has 1 rings (SSSR count). The SMILES string of the molecule is COc1cc(C=O)c([N+](=O)[O-])cc1OCCCCCC(=O)O. The molecule has 8 nitrogen and oxygen atoms in total. The summed E-state index contributed by atoms with van der Waals surface area (Å²) < 4.78 is 10.5. The van der Waals surface area contributed by atoms with Crippen molar-refractivity contribution in [1.82, 2.24) is 0 Å². The molecule has 8 heteroatoms. The summed E-state index contributed by atoms with van der Waals surface area (Å²) in [5.74, 6) is -0.432.